The molecule has 1 aliphatic rings. The zero-order valence-electron chi connectivity index (χ0n) is 10.2. The molecule has 1 aromatic heterocycles. The van der Waals surface area contributed by atoms with Crippen LogP contribution in [0, 0.1) is 5.92 Å². The molecule has 0 aromatic carbocycles. The summed E-state index contributed by atoms with van der Waals surface area (Å²) in [6.07, 6.45) is 11.9. The van der Waals surface area contributed by atoms with E-state index in [0.717, 1.165) is 18.5 Å². The number of nitrogens with zero attached hydrogens (tertiary/aromatic N) is 1. The van der Waals surface area contributed by atoms with Crippen molar-refractivity contribution in [2.45, 2.75) is 58.0 Å². The SMILES string of the molecule is CCCC1CCC(NCc2cnc[nH]2)CC1. The van der Waals surface area contributed by atoms with Crippen molar-refractivity contribution in [3.63, 3.8) is 0 Å². The van der Waals surface area contributed by atoms with Gasteiger partial charge in [0.25, 0.3) is 0 Å². The van der Waals surface area contributed by atoms with Gasteiger partial charge in [0.05, 0.1) is 6.33 Å². The summed E-state index contributed by atoms with van der Waals surface area (Å²) in [5.74, 6) is 0.996. The fourth-order valence-electron chi connectivity index (χ4n) is 2.70. The number of hydrogen-bond acceptors (Lipinski definition) is 2. The highest BCUT2D eigenvalue weighted by Crippen LogP contribution is 2.27. The van der Waals surface area contributed by atoms with E-state index < -0.39 is 0 Å². The van der Waals surface area contributed by atoms with Crippen molar-refractivity contribution in [2.75, 3.05) is 0 Å². The minimum atomic E-state index is 0.719. The van der Waals surface area contributed by atoms with Crippen molar-refractivity contribution in [2.24, 2.45) is 5.92 Å². The van der Waals surface area contributed by atoms with E-state index in [2.05, 4.69) is 22.2 Å². The van der Waals surface area contributed by atoms with Gasteiger partial charge in [0.15, 0.2) is 0 Å². The number of rotatable bonds is 5. The molecule has 1 saturated carbocycles. The van der Waals surface area contributed by atoms with Crippen LogP contribution >= 0.6 is 0 Å². The summed E-state index contributed by atoms with van der Waals surface area (Å²) >= 11 is 0. The minimum Gasteiger partial charge on any atom is -0.347 e. The lowest BCUT2D eigenvalue weighted by atomic mass is 9.83. The van der Waals surface area contributed by atoms with Crippen LogP contribution in [0.5, 0.6) is 0 Å². The predicted molar refractivity (Wildman–Crippen MR) is 66.1 cm³/mol. The molecule has 1 fully saturated rings. The van der Waals surface area contributed by atoms with Crippen LogP contribution in [0.1, 0.15) is 51.1 Å². The molecule has 0 atom stereocenters. The monoisotopic (exact) mass is 221 g/mol. The van der Waals surface area contributed by atoms with Gasteiger partial charge in [0.1, 0.15) is 0 Å². The van der Waals surface area contributed by atoms with Crippen molar-refractivity contribution >= 4 is 0 Å². The van der Waals surface area contributed by atoms with E-state index in [1.54, 1.807) is 6.33 Å². The number of imidazole rings is 1. The topological polar surface area (TPSA) is 40.7 Å². The second-order valence-corrected chi connectivity index (χ2v) is 4.96. The zero-order valence-corrected chi connectivity index (χ0v) is 10.2. The van der Waals surface area contributed by atoms with E-state index in [-0.39, 0.29) is 0 Å². The molecular formula is C13H23N3. The molecule has 3 heteroatoms. The van der Waals surface area contributed by atoms with E-state index >= 15 is 0 Å². The molecule has 0 amide bonds. The van der Waals surface area contributed by atoms with Gasteiger partial charge >= 0.3 is 0 Å². The van der Waals surface area contributed by atoms with E-state index in [4.69, 9.17) is 0 Å². The Morgan fingerprint density at radius 2 is 2.19 bits per heavy atom. The molecule has 0 aliphatic heterocycles. The van der Waals surface area contributed by atoms with E-state index in [0.29, 0.717) is 0 Å². The Kier molecular flexibility index (Phi) is 4.40. The first-order valence-electron chi connectivity index (χ1n) is 6.59. The van der Waals surface area contributed by atoms with E-state index in [1.807, 2.05) is 6.20 Å². The summed E-state index contributed by atoms with van der Waals surface area (Å²) < 4.78 is 0. The predicted octanol–water partition coefficient (Wildman–Crippen LogP) is 2.86. The summed E-state index contributed by atoms with van der Waals surface area (Å²) in [4.78, 5) is 7.16. The molecule has 16 heavy (non-hydrogen) atoms. The van der Waals surface area contributed by atoms with Gasteiger partial charge < -0.3 is 10.3 Å². The Morgan fingerprint density at radius 1 is 1.38 bits per heavy atom. The standard InChI is InChI=1S/C13H23N3/c1-2-3-11-4-6-12(7-5-11)15-9-13-8-14-10-16-13/h8,10-12,15H,2-7,9H2,1H3,(H,14,16). The minimum absolute atomic E-state index is 0.719. The largest absolute Gasteiger partial charge is 0.347 e. The third-order valence-electron chi connectivity index (χ3n) is 3.68. The fourth-order valence-corrected chi connectivity index (χ4v) is 2.70. The molecule has 0 radical (unpaired) electrons. The Labute approximate surface area is 98.1 Å². The third-order valence-corrected chi connectivity index (χ3v) is 3.68. The molecule has 2 N–H and O–H groups in total. The first-order valence-corrected chi connectivity index (χ1v) is 6.59. The highest BCUT2D eigenvalue weighted by Gasteiger charge is 2.19. The number of H-pyrrole nitrogens is 1. The Bertz CT molecular complexity index is 273. The molecule has 1 aromatic rings. The first kappa shape index (κ1) is 11.6. The van der Waals surface area contributed by atoms with Gasteiger partial charge in [-0.3, -0.25) is 0 Å². The normalized spacial score (nSPS) is 25.8. The quantitative estimate of drug-likeness (QED) is 0.802. The van der Waals surface area contributed by atoms with Gasteiger partial charge in [0, 0.05) is 24.5 Å². The van der Waals surface area contributed by atoms with Gasteiger partial charge in [-0.25, -0.2) is 4.98 Å². The maximum Gasteiger partial charge on any atom is 0.0922 e. The Morgan fingerprint density at radius 3 is 2.81 bits per heavy atom. The summed E-state index contributed by atoms with van der Waals surface area (Å²) in [5, 5.41) is 3.62. The molecule has 0 spiro atoms. The van der Waals surface area contributed by atoms with Crippen LogP contribution in [-0.4, -0.2) is 16.0 Å². The molecule has 0 bridgehead atoms. The van der Waals surface area contributed by atoms with Gasteiger partial charge in [0.2, 0.25) is 0 Å². The number of aromatic amines is 1. The molecule has 2 rings (SSSR count). The molecule has 3 nitrogen and oxygen atoms in total. The van der Waals surface area contributed by atoms with Gasteiger partial charge in [-0.2, -0.15) is 0 Å². The lowest BCUT2D eigenvalue weighted by molar-refractivity contribution is 0.277. The summed E-state index contributed by atoms with van der Waals surface area (Å²) in [5.41, 5.74) is 1.19. The highest BCUT2D eigenvalue weighted by molar-refractivity contribution is 4.94. The third kappa shape index (κ3) is 3.34. The van der Waals surface area contributed by atoms with E-state index in [1.165, 1.54) is 44.2 Å². The van der Waals surface area contributed by atoms with Crippen LogP contribution < -0.4 is 5.32 Å². The van der Waals surface area contributed by atoms with Gasteiger partial charge in [-0.1, -0.05) is 19.8 Å². The first-order chi connectivity index (χ1) is 7.88. The Balaban J connectivity index is 1.65. The molecule has 0 saturated heterocycles. The van der Waals surface area contributed by atoms with Gasteiger partial charge in [-0.05, 0) is 31.6 Å². The highest BCUT2D eigenvalue weighted by atomic mass is 15.0. The molecule has 1 heterocycles. The molecule has 90 valence electrons. The molecule has 0 unspecified atom stereocenters. The van der Waals surface area contributed by atoms with Gasteiger partial charge in [-0.15, -0.1) is 0 Å². The van der Waals surface area contributed by atoms with Crippen molar-refractivity contribution in [1.82, 2.24) is 15.3 Å². The lowest BCUT2D eigenvalue weighted by Gasteiger charge is -2.28. The van der Waals surface area contributed by atoms with Crippen molar-refractivity contribution < 1.29 is 0 Å². The number of nitrogens with one attached hydrogen (secondary N) is 2. The average Bonchev–Trinajstić information content (AvgIpc) is 2.82. The summed E-state index contributed by atoms with van der Waals surface area (Å²) in [7, 11) is 0. The van der Waals surface area contributed by atoms with Crippen molar-refractivity contribution in [3.05, 3.63) is 18.2 Å². The van der Waals surface area contributed by atoms with Crippen LogP contribution in [0.15, 0.2) is 12.5 Å². The lowest BCUT2D eigenvalue weighted by Crippen LogP contribution is -2.32. The fraction of sp³-hybridized carbons (Fsp3) is 0.769. The van der Waals surface area contributed by atoms with E-state index in [9.17, 15) is 0 Å². The van der Waals surface area contributed by atoms with Crippen LogP contribution in [0.4, 0.5) is 0 Å². The smallest absolute Gasteiger partial charge is 0.0922 e. The maximum absolute atomic E-state index is 4.03. The van der Waals surface area contributed by atoms with Crippen LogP contribution in [0.3, 0.4) is 0 Å². The number of hydrogen-bond donors (Lipinski definition) is 2. The summed E-state index contributed by atoms with van der Waals surface area (Å²) in [6.45, 7) is 3.23. The second-order valence-electron chi connectivity index (χ2n) is 4.96. The van der Waals surface area contributed by atoms with Crippen molar-refractivity contribution in [1.29, 1.82) is 0 Å². The van der Waals surface area contributed by atoms with Crippen LogP contribution in [0.2, 0.25) is 0 Å². The van der Waals surface area contributed by atoms with Crippen LogP contribution in [-0.2, 0) is 6.54 Å². The van der Waals surface area contributed by atoms with Crippen molar-refractivity contribution in [3.8, 4) is 0 Å². The summed E-state index contributed by atoms with van der Waals surface area (Å²) in [6, 6.07) is 0.719. The Hall–Kier alpha value is -0.830. The second kappa shape index (κ2) is 6.04. The number of aromatic nitrogens is 2. The maximum atomic E-state index is 4.03. The zero-order chi connectivity index (χ0) is 11.2. The average molecular weight is 221 g/mol. The molecule has 1 aliphatic carbocycles. The molecular weight excluding hydrogens is 198 g/mol. The van der Waals surface area contributed by atoms with Crippen LogP contribution in [0.25, 0.3) is 0 Å².